The molecule has 0 atom stereocenters. The normalized spacial score (nSPS) is 9.76. The van der Waals surface area contributed by atoms with Gasteiger partial charge in [0.15, 0.2) is 0 Å². The number of ether oxygens (including phenoxy) is 1. The lowest BCUT2D eigenvalue weighted by Crippen LogP contribution is -2.14. The molecule has 2 aromatic rings. The van der Waals surface area contributed by atoms with Crippen molar-refractivity contribution in [2.75, 3.05) is 11.9 Å². The number of nitriles is 1. The number of carbonyl (C=O) groups excluding carboxylic acids is 1. The van der Waals surface area contributed by atoms with Crippen LogP contribution in [-0.2, 0) is 0 Å². The van der Waals surface area contributed by atoms with Crippen LogP contribution in [-0.4, -0.2) is 12.5 Å². The van der Waals surface area contributed by atoms with Gasteiger partial charge in [0, 0.05) is 5.02 Å². The molecular formula is C16H13ClN2O2. The molecule has 4 nitrogen and oxygen atoms in total. The Morgan fingerprint density at radius 2 is 2.10 bits per heavy atom. The van der Waals surface area contributed by atoms with E-state index in [4.69, 9.17) is 21.6 Å². The molecule has 0 spiro atoms. The summed E-state index contributed by atoms with van der Waals surface area (Å²) in [6.45, 7) is 2.31. The van der Waals surface area contributed by atoms with Gasteiger partial charge in [0.2, 0.25) is 0 Å². The number of nitrogens with one attached hydrogen (secondary N) is 1. The average molecular weight is 301 g/mol. The van der Waals surface area contributed by atoms with Crippen molar-refractivity contribution in [2.45, 2.75) is 6.92 Å². The summed E-state index contributed by atoms with van der Waals surface area (Å²) in [6.07, 6.45) is 0. The van der Waals surface area contributed by atoms with Crippen LogP contribution >= 0.6 is 11.6 Å². The van der Waals surface area contributed by atoms with Crippen molar-refractivity contribution in [1.29, 1.82) is 5.26 Å². The lowest BCUT2D eigenvalue weighted by molar-refractivity contribution is 0.102. The van der Waals surface area contributed by atoms with Crippen LogP contribution in [0.1, 0.15) is 22.8 Å². The van der Waals surface area contributed by atoms with Gasteiger partial charge in [-0.1, -0.05) is 23.7 Å². The van der Waals surface area contributed by atoms with Crippen molar-refractivity contribution < 1.29 is 9.53 Å². The third kappa shape index (κ3) is 3.53. The van der Waals surface area contributed by atoms with Gasteiger partial charge in [-0.25, -0.2) is 0 Å². The van der Waals surface area contributed by atoms with Crippen LogP contribution in [0, 0.1) is 11.3 Å². The van der Waals surface area contributed by atoms with E-state index in [0.29, 0.717) is 34.2 Å². The molecule has 0 saturated heterocycles. The quantitative estimate of drug-likeness (QED) is 0.932. The highest BCUT2D eigenvalue weighted by molar-refractivity contribution is 6.31. The van der Waals surface area contributed by atoms with Crippen molar-refractivity contribution in [3.05, 3.63) is 58.6 Å². The second kappa shape index (κ2) is 6.78. The van der Waals surface area contributed by atoms with Gasteiger partial charge in [-0.05, 0) is 37.3 Å². The number of para-hydroxylation sites is 1. The maximum atomic E-state index is 12.3. The zero-order valence-electron chi connectivity index (χ0n) is 11.4. The zero-order chi connectivity index (χ0) is 15.2. The lowest BCUT2D eigenvalue weighted by atomic mass is 10.1. The molecule has 106 valence electrons. The van der Waals surface area contributed by atoms with Crippen molar-refractivity contribution in [1.82, 2.24) is 0 Å². The number of rotatable bonds is 4. The van der Waals surface area contributed by atoms with Gasteiger partial charge < -0.3 is 10.1 Å². The minimum Gasteiger partial charge on any atom is -0.493 e. The summed E-state index contributed by atoms with van der Waals surface area (Å²) in [4.78, 5) is 12.3. The minimum atomic E-state index is -0.349. The average Bonchev–Trinajstić information content (AvgIpc) is 2.48. The number of carbonyl (C=O) groups is 1. The first-order chi connectivity index (χ1) is 10.2. The van der Waals surface area contributed by atoms with Crippen LogP contribution in [0.5, 0.6) is 5.75 Å². The van der Waals surface area contributed by atoms with Gasteiger partial charge in [-0.3, -0.25) is 4.79 Å². The standard InChI is InChI=1S/C16H13ClN2O2/c1-2-21-15-6-4-3-5-13(15)16(20)19-14-9-12(17)8-7-11(14)10-18/h3-9H,2H2,1H3,(H,19,20). The Kier molecular flexibility index (Phi) is 4.81. The number of hydrogen-bond acceptors (Lipinski definition) is 3. The molecule has 0 aliphatic carbocycles. The van der Waals surface area contributed by atoms with E-state index in [1.165, 1.54) is 0 Å². The molecule has 5 heteroatoms. The molecule has 2 rings (SSSR count). The molecule has 0 aliphatic heterocycles. The molecule has 0 aliphatic rings. The SMILES string of the molecule is CCOc1ccccc1C(=O)Nc1cc(Cl)ccc1C#N. The van der Waals surface area contributed by atoms with E-state index in [1.807, 2.05) is 13.0 Å². The molecule has 2 aromatic carbocycles. The second-order valence-corrected chi connectivity index (χ2v) is 4.62. The van der Waals surface area contributed by atoms with E-state index >= 15 is 0 Å². The summed E-state index contributed by atoms with van der Waals surface area (Å²) < 4.78 is 5.42. The highest BCUT2D eigenvalue weighted by Gasteiger charge is 2.14. The van der Waals surface area contributed by atoms with Crippen LogP contribution in [0.3, 0.4) is 0 Å². The lowest BCUT2D eigenvalue weighted by Gasteiger charge is -2.11. The first kappa shape index (κ1) is 14.9. The molecule has 1 amide bonds. The molecule has 0 heterocycles. The predicted molar refractivity (Wildman–Crippen MR) is 81.7 cm³/mol. The highest BCUT2D eigenvalue weighted by Crippen LogP contribution is 2.23. The van der Waals surface area contributed by atoms with E-state index in [0.717, 1.165) is 0 Å². The Morgan fingerprint density at radius 1 is 1.33 bits per heavy atom. The van der Waals surface area contributed by atoms with Crippen molar-refractivity contribution in [2.24, 2.45) is 0 Å². The van der Waals surface area contributed by atoms with Crippen molar-refractivity contribution in [3.63, 3.8) is 0 Å². The predicted octanol–water partition coefficient (Wildman–Crippen LogP) is 3.86. The smallest absolute Gasteiger partial charge is 0.259 e. The summed E-state index contributed by atoms with van der Waals surface area (Å²) in [5, 5.41) is 12.2. The van der Waals surface area contributed by atoms with E-state index in [-0.39, 0.29) is 5.91 Å². The number of benzene rings is 2. The van der Waals surface area contributed by atoms with Crippen LogP contribution in [0.2, 0.25) is 5.02 Å². The van der Waals surface area contributed by atoms with Gasteiger partial charge >= 0.3 is 0 Å². The first-order valence-corrected chi connectivity index (χ1v) is 6.76. The Hall–Kier alpha value is -2.51. The fourth-order valence-electron chi connectivity index (χ4n) is 1.84. The summed E-state index contributed by atoms with van der Waals surface area (Å²) in [6, 6.07) is 13.7. The second-order valence-electron chi connectivity index (χ2n) is 4.19. The minimum absolute atomic E-state index is 0.349. The Morgan fingerprint density at radius 3 is 2.81 bits per heavy atom. The van der Waals surface area contributed by atoms with Crippen LogP contribution in [0.4, 0.5) is 5.69 Å². The maximum absolute atomic E-state index is 12.3. The Balaban J connectivity index is 2.31. The molecule has 0 aromatic heterocycles. The van der Waals surface area contributed by atoms with E-state index in [2.05, 4.69) is 5.32 Å². The maximum Gasteiger partial charge on any atom is 0.259 e. The van der Waals surface area contributed by atoms with E-state index in [1.54, 1.807) is 42.5 Å². The van der Waals surface area contributed by atoms with Crippen LogP contribution < -0.4 is 10.1 Å². The molecule has 0 fully saturated rings. The van der Waals surface area contributed by atoms with Crippen molar-refractivity contribution in [3.8, 4) is 11.8 Å². The molecule has 0 bridgehead atoms. The van der Waals surface area contributed by atoms with E-state index < -0.39 is 0 Å². The summed E-state index contributed by atoms with van der Waals surface area (Å²) >= 11 is 5.90. The molecular weight excluding hydrogens is 288 g/mol. The topological polar surface area (TPSA) is 62.1 Å². The van der Waals surface area contributed by atoms with Gasteiger partial charge in [0.25, 0.3) is 5.91 Å². The summed E-state index contributed by atoms with van der Waals surface area (Å²) in [5.41, 5.74) is 1.13. The van der Waals surface area contributed by atoms with Crippen LogP contribution in [0.25, 0.3) is 0 Å². The van der Waals surface area contributed by atoms with Crippen LogP contribution in [0.15, 0.2) is 42.5 Å². The van der Waals surface area contributed by atoms with Crippen molar-refractivity contribution >= 4 is 23.2 Å². The number of halogens is 1. The molecule has 0 radical (unpaired) electrons. The third-order valence-corrected chi connectivity index (χ3v) is 3.02. The van der Waals surface area contributed by atoms with Gasteiger partial charge in [0.05, 0.1) is 23.4 Å². The zero-order valence-corrected chi connectivity index (χ0v) is 12.1. The highest BCUT2D eigenvalue weighted by atomic mass is 35.5. The monoisotopic (exact) mass is 300 g/mol. The molecule has 0 saturated carbocycles. The summed E-state index contributed by atoms with van der Waals surface area (Å²) in [7, 11) is 0. The molecule has 1 N–H and O–H groups in total. The number of anilines is 1. The summed E-state index contributed by atoms with van der Waals surface area (Å²) in [5.74, 6) is 0.149. The Labute approximate surface area is 127 Å². The fourth-order valence-corrected chi connectivity index (χ4v) is 2.01. The molecule has 21 heavy (non-hydrogen) atoms. The number of nitrogens with zero attached hydrogens (tertiary/aromatic N) is 1. The Bertz CT molecular complexity index is 708. The van der Waals surface area contributed by atoms with Gasteiger partial charge in [-0.15, -0.1) is 0 Å². The van der Waals surface area contributed by atoms with E-state index in [9.17, 15) is 4.79 Å². The largest absolute Gasteiger partial charge is 0.493 e. The van der Waals surface area contributed by atoms with Gasteiger partial charge in [0.1, 0.15) is 11.8 Å². The number of amides is 1. The number of hydrogen-bond donors (Lipinski definition) is 1. The third-order valence-electron chi connectivity index (χ3n) is 2.78. The van der Waals surface area contributed by atoms with Gasteiger partial charge in [-0.2, -0.15) is 5.26 Å². The first-order valence-electron chi connectivity index (χ1n) is 6.38. The molecule has 0 unspecified atom stereocenters. The fraction of sp³-hybridized carbons (Fsp3) is 0.125.